The lowest BCUT2D eigenvalue weighted by molar-refractivity contribution is 0.422. The van der Waals surface area contributed by atoms with Crippen molar-refractivity contribution in [2.75, 3.05) is 0 Å². The third kappa shape index (κ3) is 4.83. The Bertz CT molecular complexity index is 603. The molecular formula is C17H21FN2O. The zero-order valence-corrected chi connectivity index (χ0v) is 12.9. The van der Waals surface area contributed by atoms with Crippen LogP contribution >= 0.6 is 0 Å². The number of pyridine rings is 1. The summed E-state index contributed by atoms with van der Waals surface area (Å²) in [6, 6.07) is 8.22. The summed E-state index contributed by atoms with van der Waals surface area (Å²) in [7, 11) is 0. The number of aryl methyl sites for hydroxylation is 1. The summed E-state index contributed by atoms with van der Waals surface area (Å²) in [5.74, 6) is 0.632. The minimum Gasteiger partial charge on any atom is -0.439 e. The molecule has 0 bridgehead atoms. The van der Waals surface area contributed by atoms with E-state index in [1.807, 2.05) is 13.0 Å². The van der Waals surface area contributed by atoms with Crippen LogP contribution in [0.15, 0.2) is 36.5 Å². The summed E-state index contributed by atoms with van der Waals surface area (Å²) < 4.78 is 18.8. The van der Waals surface area contributed by atoms with Gasteiger partial charge < -0.3 is 10.1 Å². The van der Waals surface area contributed by atoms with Gasteiger partial charge in [0.2, 0.25) is 5.88 Å². The van der Waals surface area contributed by atoms with E-state index in [0.717, 1.165) is 17.7 Å². The summed E-state index contributed by atoms with van der Waals surface area (Å²) in [6.07, 6.45) is 1.77. The maximum absolute atomic E-state index is 13.2. The van der Waals surface area contributed by atoms with E-state index in [1.54, 1.807) is 18.3 Å². The van der Waals surface area contributed by atoms with E-state index >= 15 is 0 Å². The molecule has 4 heteroatoms. The fourth-order valence-electron chi connectivity index (χ4n) is 1.74. The molecule has 2 aromatic rings. The second-order valence-corrected chi connectivity index (χ2v) is 6.12. The van der Waals surface area contributed by atoms with Gasteiger partial charge in [0.15, 0.2) is 0 Å². The van der Waals surface area contributed by atoms with Gasteiger partial charge in [-0.3, -0.25) is 0 Å². The minimum absolute atomic E-state index is 0.0633. The number of halogens is 1. The molecular weight excluding hydrogens is 267 g/mol. The van der Waals surface area contributed by atoms with Gasteiger partial charge in [-0.2, -0.15) is 0 Å². The minimum atomic E-state index is -0.318. The van der Waals surface area contributed by atoms with Gasteiger partial charge in [-0.15, -0.1) is 0 Å². The van der Waals surface area contributed by atoms with E-state index in [9.17, 15) is 4.39 Å². The molecule has 1 N–H and O–H groups in total. The fourth-order valence-corrected chi connectivity index (χ4v) is 1.74. The normalized spacial score (nSPS) is 11.5. The molecule has 3 nitrogen and oxygen atoms in total. The van der Waals surface area contributed by atoms with Crippen molar-refractivity contribution in [3.8, 4) is 11.6 Å². The first-order chi connectivity index (χ1) is 9.83. The molecule has 0 radical (unpaired) electrons. The largest absolute Gasteiger partial charge is 0.439 e. The van der Waals surface area contributed by atoms with Crippen LogP contribution in [-0.4, -0.2) is 10.5 Å². The Morgan fingerprint density at radius 3 is 2.57 bits per heavy atom. The first-order valence-corrected chi connectivity index (χ1v) is 6.97. The first kappa shape index (κ1) is 15.4. The highest BCUT2D eigenvalue weighted by atomic mass is 19.1. The summed E-state index contributed by atoms with van der Waals surface area (Å²) in [5.41, 5.74) is 2.01. The SMILES string of the molecule is Cc1ccc(F)cc1Oc1ccc(CNC(C)(C)C)cn1. The molecule has 1 heterocycles. The van der Waals surface area contributed by atoms with Gasteiger partial charge in [0.25, 0.3) is 0 Å². The van der Waals surface area contributed by atoms with E-state index in [-0.39, 0.29) is 11.4 Å². The van der Waals surface area contributed by atoms with Gasteiger partial charge in [-0.05, 0) is 44.9 Å². The van der Waals surface area contributed by atoms with Crippen LogP contribution in [0.2, 0.25) is 0 Å². The van der Waals surface area contributed by atoms with Crippen LogP contribution in [-0.2, 0) is 6.54 Å². The summed E-state index contributed by atoms with van der Waals surface area (Å²) in [5, 5.41) is 3.39. The zero-order valence-electron chi connectivity index (χ0n) is 12.9. The Morgan fingerprint density at radius 1 is 1.19 bits per heavy atom. The quantitative estimate of drug-likeness (QED) is 0.915. The van der Waals surface area contributed by atoms with Crippen LogP contribution in [0.5, 0.6) is 11.6 Å². The molecule has 0 fully saturated rings. The maximum atomic E-state index is 13.2. The average molecular weight is 288 g/mol. The third-order valence-electron chi connectivity index (χ3n) is 2.99. The Morgan fingerprint density at radius 2 is 1.95 bits per heavy atom. The van der Waals surface area contributed by atoms with E-state index in [4.69, 9.17) is 4.74 Å². The monoisotopic (exact) mass is 288 g/mol. The van der Waals surface area contributed by atoms with Crippen LogP contribution in [0.1, 0.15) is 31.9 Å². The zero-order chi connectivity index (χ0) is 15.5. The number of hydrogen-bond acceptors (Lipinski definition) is 3. The number of nitrogens with one attached hydrogen (secondary N) is 1. The van der Waals surface area contributed by atoms with Crippen molar-refractivity contribution >= 4 is 0 Å². The first-order valence-electron chi connectivity index (χ1n) is 6.97. The highest BCUT2D eigenvalue weighted by Gasteiger charge is 2.09. The van der Waals surface area contributed by atoms with Gasteiger partial charge >= 0.3 is 0 Å². The van der Waals surface area contributed by atoms with Crippen molar-refractivity contribution in [3.05, 3.63) is 53.5 Å². The van der Waals surface area contributed by atoms with Crippen molar-refractivity contribution in [2.24, 2.45) is 0 Å². The van der Waals surface area contributed by atoms with Gasteiger partial charge in [-0.1, -0.05) is 12.1 Å². The second-order valence-electron chi connectivity index (χ2n) is 6.12. The van der Waals surface area contributed by atoms with E-state index in [2.05, 4.69) is 31.1 Å². The van der Waals surface area contributed by atoms with Crippen molar-refractivity contribution in [1.29, 1.82) is 0 Å². The molecule has 112 valence electrons. The fraction of sp³-hybridized carbons (Fsp3) is 0.353. The van der Waals surface area contributed by atoms with Crippen LogP contribution in [0.3, 0.4) is 0 Å². The summed E-state index contributed by atoms with van der Waals surface area (Å²) in [4.78, 5) is 4.26. The highest BCUT2D eigenvalue weighted by Crippen LogP contribution is 2.24. The smallest absolute Gasteiger partial charge is 0.219 e. The van der Waals surface area contributed by atoms with Gasteiger partial charge in [0, 0.05) is 30.4 Å². The second kappa shape index (κ2) is 6.22. The molecule has 0 aliphatic heterocycles. The lowest BCUT2D eigenvalue weighted by Gasteiger charge is -2.20. The number of rotatable bonds is 4. The molecule has 0 saturated heterocycles. The number of nitrogens with zero attached hydrogens (tertiary/aromatic N) is 1. The molecule has 21 heavy (non-hydrogen) atoms. The van der Waals surface area contributed by atoms with Crippen molar-refractivity contribution in [1.82, 2.24) is 10.3 Å². The van der Waals surface area contributed by atoms with Crippen LogP contribution < -0.4 is 10.1 Å². The van der Waals surface area contributed by atoms with Crippen molar-refractivity contribution < 1.29 is 9.13 Å². The molecule has 0 aliphatic rings. The maximum Gasteiger partial charge on any atom is 0.219 e. The lowest BCUT2D eigenvalue weighted by atomic mass is 10.1. The standard InChI is InChI=1S/C17H21FN2O/c1-12-5-7-14(18)9-15(12)21-16-8-6-13(10-19-16)11-20-17(2,3)4/h5-10,20H,11H2,1-4H3. The number of benzene rings is 1. The van der Waals surface area contributed by atoms with Gasteiger partial charge in [0.05, 0.1) is 0 Å². The third-order valence-corrected chi connectivity index (χ3v) is 2.99. The molecule has 0 saturated carbocycles. The van der Waals surface area contributed by atoms with Crippen molar-refractivity contribution in [2.45, 2.75) is 39.8 Å². The molecule has 2 rings (SSSR count). The van der Waals surface area contributed by atoms with E-state index < -0.39 is 0 Å². The Kier molecular flexibility index (Phi) is 4.58. The van der Waals surface area contributed by atoms with Crippen LogP contribution in [0, 0.1) is 12.7 Å². The predicted molar refractivity (Wildman–Crippen MR) is 82.0 cm³/mol. The van der Waals surface area contributed by atoms with E-state index in [1.165, 1.54) is 12.1 Å². The predicted octanol–water partition coefficient (Wildman–Crippen LogP) is 4.21. The summed E-state index contributed by atoms with van der Waals surface area (Å²) in [6.45, 7) is 8.96. The van der Waals surface area contributed by atoms with Crippen LogP contribution in [0.25, 0.3) is 0 Å². The highest BCUT2D eigenvalue weighted by molar-refractivity contribution is 5.35. The van der Waals surface area contributed by atoms with Gasteiger partial charge in [-0.25, -0.2) is 9.37 Å². The molecule has 0 spiro atoms. The average Bonchev–Trinajstić information content (AvgIpc) is 2.41. The Hall–Kier alpha value is -1.94. The lowest BCUT2D eigenvalue weighted by Crippen LogP contribution is -2.35. The molecule has 0 unspecified atom stereocenters. The molecule has 0 amide bonds. The molecule has 0 aliphatic carbocycles. The molecule has 0 atom stereocenters. The number of ether oxygens (including phenoxy) is 1. The molecule has 1 aromatic heterocycles. The molecule has 1 aromatic carbocycles. The number of hydrogen-bond donors (Lipinski definition) is 1. The topological polar surface area (TPSA) is 34.1 Å². The Labute approximate surface area is 125 Å². The van der Waals surface area contributed by atoms with Crippen molar-refractivity contribution in [3.63, 3.8) is 0 Å². The van der Waals surface area contributed by atoms with Gasteiger partial charge in [0.1, 0.15) is 11.6 Å². The van der Waals surface area contributed by atoms with Crippen LogP contribution in [0.4, 0.5) is 4.39 Å². The Balaban J connectivity index is 2.04. The van der Waals surface area contributed by atoms with E-state index in [0.29, 0.717) is 11.6 Å². The number of aromatic nitrogens is 1. The summed E-state index contributed by atoms with van der Waals surface area (Å²) >= 11 is 0.